The molecular formula is C27H34ClN3O3S. The molecule has 1 atom stereocenters. The van der Waals surface area contributed by atoms with Gasteiger partial charge in [-0.25, -0.2) is 0 Å². The van der Waals surface area contributed by atoms with Crippen molar-refractivity contribution in [2.45, 2.75) is 64.8 Å². The number of ether oxygens (including phenoxy) is 1. The minimum absolute atomic E-state index is 0.0199. The van der Waals surface area contributed by atoms with Crippen molar-refractivity contribution in [3.8, 4) is 5.75 Å². The van der Waals surface area contributed by atoms with Crippen LogP contribution in [0.1, 0.15) is 58.8 Å². The first-order valence-electron chi connectivity index (χ1n) is 12.4. The summed E-state index contributed by atoms with van der Waals surface area (Å²) in [6.07, 6.45) is 6.43. The van der Waals surface area contributed by atoms with Gasteiger partial charge in [0.05, 0.1) is 18.7 Å². The topological polar surface area (TPSA) is 61.9 Å². The summed E-state index contributed by atoms with van der Waals surface area (Å²) >= 11 is 11.7. The molecule has 0 unspecified atom stereocenters. The fraction of sp³-hybridized carbons (Fsp3) is 0.444. The average Bonchev–Trinajstić information content (AvgIpc) is 3.08. The van der Waals surface area contributed by atoms with E-state index in [2.05, 4.69) is 12.2 Å². The number of thiocarbonyl (C=S) groups is 1. The van der Waals surface area contributed by atoms with Gasteiger partial charge in [0, 0.05) is 17.3 Å². The van der Waals surface area contributed by atoms with E-state index in [1.807, 2.05) is 24.0 Å². The Morgan fingerprint density at radius 2 is 1.69 bits per heavy atom. The molecule has 1 saturated heterocycles. The van der Waals surface area contributed by atoms with Crippen LogP contribution >= 0.6 is 23.8 Å². The van der Waals surface area contributed by atoms with E-state index in [4.69, 9.17) is 28.6 Å². The smallest absolute Gasteiger partial charge is 0.256 e. The van der Waals surface area contributed by atoms with E-state index in [0.717, 1.165) is 31.4 Å². The van der Waals surface area contributed by atoms with Gasteiger partial charge in [-0.1, -0.05) is 51.1 Å². The molecule has 0 saturated carbocycles. The Bertz CT molecular complexity index is 998. The molecule has 0 aliphatic carbocycles. The molecule has 1 heterocycles. The van der Waals surface area contributed by atoms with Gasteiger partial charge in [0.15, 0.2) is 5.11 Å². The third kappa shape index (κ3) is 7.42. The Kier molecular flexibility index (Phi) is 10.4. The molecule has 8 heteroatoms. The first-order valence-corrected chi connectivity index (χ1v) is 13.2. The van der Waals surface area contributed by atoms with E-state index >= 15 is 0 Å². The molecule has 2 amide bonds. The Morgan fingerprint density at radius 1 is 1.00 bits per heavy atom. The molecule has 1 aliphatic rings. The second-order valence-corrected chi connectivity index (χ2v) is 9.48. The second-order valence-electron chi connectivity index (χ2n) is 8.68. The zero-order chi connectivity index (χ0) is 25.2. The Hall–Kier alpha value is -2.64. The van der Waals surface area contributed by atoms with Crippen LogP contribution in [-0.4, -0.2) is 41.0 Å². The highest BCUT2D eigenvalue weighted by Crippen LogP contribution is 2.29. The second kappa shape index (κ2) is 13.4. The summed E-state index contributed by atoms with van der Waals surface area (Å²) in [5.74, 6) is 0.334. The van der Waals surface area contributed by atoms with Crippen LogP contribution in [0.5, 0.6) is 5.75 Å². The number of nitrogens with zero attached hydrogens (tertiary/aromatic N) is 2. The van der Waals surface area contributed by atoms with Gasteiger partial charge in [-0.15, -0.1) is 0 Å². The van der Waals surface area contributed by atoms with Gasteiger partial charge in [0.1, 0.15) is 11.8 Å². The molecule has 2 aromatic carbocycles. The number of benzene rings is 2. The predicted octanol–water partition coefficient (Wildman–Crippen LogP) is 6.43. The van der Waals surface area contributed by atoms with E-state index in [0.29, 0.717) is 34.7 Å². The van der Waals surface area contributed by atoms with Crippen LogP contribution in [0.25, 0.3) is 0 Å². The third-order valence-corrected chi connectivity index (χ3v) is 6.56. The molecule has 0 spiro atoms. The molecule has 0 radical (unpaired) electrons. The first kappa shape index (κ1) is 27.0. The van der Waals surface area contributed by atoms with Crippen molar-refractivity contribution in [2.75, 3.05) is 23.4 Å². The maximum atomic E-state index is 13.4. The molecule has 3 rings (SSSR count). The van der Waals surface area contributed by atoms with Crippen LogP contribution in [0.2, 0.25) is 5.02 Å². The van der Waals surface area contributed by atoms with Crippen molar-refractivity contribution in [1.82, 2.24) is 4.90 Å². The number of unbranched alkanes of at least 4 members (excludes halogenated alkanes) is 4. The number of rotatable bonds is 13. The molecular weight excluding hydrogens is 482 g/mol. The van der Waals surface area contributed by atoms with E-state index in [1.54, 1.807) is 36.4 Å². The summed E-state index contributed by atoms with van der Waals surface area (Å²) in [5.41, 5.74) is 1.32. The Morgan fingerprint density at radius 3 is 2.34 bits per heavy atom. The lowest BCUT2D eigenvalue weighted by Crippen LogP contribution is -2.38. The first-order chi connectivity index (χ1) is 16.9. The van der Waals surface area contributed by atoms with Gasteiger partial charge in [-0.3, -0.25) is 14.5 Å². The highest BCUT2D eigenvalue weighted by Gasteiger charge is 2.43. The van der Waals surface area contributed by atoms with Crippen LogP contribution in [0.4, 0.5) is 11.4 Å². The van der Waals surface area contributed by atoms with E-state index in [9.17, 15) is 9.59 Å². The quantitative estimate of drug-likeness (QED) is 0.246. The lowest BCUT2D eigenvalue weighted by Gasteiger charge is -2.24. The number of carbonyl (C=O) groups is 2. The van der Waals surface area contributed by atoms with Gasteiger partial charge in [-0.05, 0) is 73.6 Å². The number of hydrogen-bond acceptors (Lipinski definition) is 4. The lowest BCUT2D eigenvalue weighted by atomic mass is 10.1. The number of anilines is 2. The highest BCUT2D eigenvalue weighted by molar-refractivity contribution is 7.80. The van der Waals surface area contributed by atoms with Crippen molar-refractivity contribution in [1.29, 1.82) is 0 Å². The minimum atomic E-state index is -0.642. The summed E-state index contributed by atoms with van der Waals surface area (Å²) in [5, 5.41) is 3.92. The van der Waals surface area contributed by atoms with Crippen molar-refractivity contribution >= 4 is 52.1 Å². The number of nitrogens with one attached hydrogen (secondary N) is 1. The summed E-state index contributed by atoms with van der Waals surface area (Å²) in [6, 6.07) is 13.6. The maximum absolute atomic E-state index is 13.4. The number of amides is 2. The van der Waals surface area contributed by atoms with E-state index in [-0.39, 0.29) is 18.2 Å². The minimum Gasteiger partial charge on any atom is -0.494 e. The summed E-state index contributed by atoms with van der Waals surface area (Å²) in [6.45, 7) is 5.51. The maximum Gasteiger partial charge on any atom is 0.256 e. The summed E-state index contributed by atoms with van der Waals surface area (Å²) < 4.78 is 5.59. The molecule has 2 aromatic rings. The molecule has 1 aliphatic heterocycles. The van der Waals surface area contributed by atoms with E-state index in [1.165, 1.54) is 17.7 Å². The van der Waals surface area contributed by atoms with Crippen LogP contribution < -0.4 is 15.0 Å². The lowest BCUT2D eigenvalue weighted by molar-refractivity contribution is -0.124. The van der Waals surface area contributed by atoms with Crippen LogP contribution in [-0.2, 0) is 9.59 Å². The number of carbonyl (C=O) groups excluding carboxylic acids is 2. The van der Waals surface area contributed by atoms with Gasteiger partial charge < -0.3 is 15.0 Å². The molecule has 1 N–H and O–H groups in total. The SMILES string of the molecule is CCCCCCCN1C(=S)N(c2ccc(Cl)cc2)C(=O)[C@H]1CC(=O)Nc1ccc(OCCC)cc1. The van der Waals surface area contributed by atoms with Crippen LogP contribution in [0, 0.1) is 0 Å². The molecule has 35 heavy (non-hydrogen) atoms. The molecule has 0 bridgehead atoms. The standard InChI is InChI=1S/C27H34ClN3O3S/c1-3-5-6-7-8-17-30-24(26(33)31(27(30)35)22-13-9-20(28)10-14-22)19-25(32)29-21-11-15-23(16-12-21)34-18-4-2/h9-16,24H,3-8,17-19H2,1-2H3,(H,29,32)/t24-/m1/s1. The average molecular weight is 516 g/mol. The summed E-state index contributed by atoms with van der Waals surface area (Å²) in [4.78, 5) is 29.8. The number of halogens is 1. The fourth-order valence-electron chi connectivity index (χ4n) is 4.04. The largest absolute Gasteiger partial charge is 0.494 e. The highest BCUT2D eigenvalue weighted by atomic mass is 35.5. The zero-order valence-electron chi connectivity index (χ0n) is 20.5. The molecule has 0 aromatic heterocycles. The van der Waals surface area contributed by atoms with Gasteiger partial charge in [0.25, 0.3) is 5.91 Å². The zero-order valence-corrected chi connectivity index (χ0v) is 22.0. The fourth-order valence-corrected chi connectivity index (χ4v) is 4.58. The van der Waals surface area contributed by atoms with Gasteiger partial charge >= 0.3 is 0 Å². The molecule has 1 fully saturated rings. The normalized spacial score (nSPS) is 15.6. The molecule has 6 nitrogen and oxygen atoms in total. The molecule has 188 valence electrons. The van der Waals surface area contributed by atoms with Crippen molar-refractivity contribution < 1.29 is 14.3 Å². The van der Waals surface area contributed by atoms with E-state index < -0.39 is 6.04 Å². The van der Waals surface area contributed by atoms with Gasteiger partial charge in [-0.2, -0.15) is 0 Å². The predicted molar refractivity (Wildman–Crippen MR) is 146 cm³/mol. The van der Waals surface area contributed by atoms with Gasteiger partial charge in [0.2, 0.25) is 5.91 Å². The summed E-state index contributed by atoms with van der Waals surface area (Å²) in [7, 11) is 0. The Labute approximate surface area is 218 Å². The third-order valence-electron chi connectivity index (χ3n) is 5.90. The Balaban J connectivity index is 1.70. The monoisotopic (exact) mass is 515 g/mol. The van der Waals surface area contributed by atoms with Crippen LogP contribution in [0.15, 0.2) is 48.5 Å². The van der Waals surface area contributed by atoms with Crippen LogP contribution in [0.3, 0.4) is 0 Å². The number of hydrogen-bond donors (Lipinski definition) is 1. The van der Waals surface area contributed by atoms with Crippen molar-refractivity contribution in [2.24, 2.45) is 0 Å². The van der Waals surface area contributed by atoms with Crippen molar-refractivity contribution in [3.63, 3.8) is 0 Å². The van der Waals surface area contributed by atoms with Crippen molar-refractivity contribution in [3.05, 3.63) is 53.6 Å².